The average molecular weight is 466 g/mol. The van der Waals surface area contributed by atoms with Crippen molar-refractivity contribution in [1.29, 1.82) is 0 Å². The van der Waals surface area contributed by atoms with Crippen molar-refractivity contribution >= 4 is 23.2 Å². The summed E-state index contributed by atoms with van der Waals surface area (Å²) < 4.78 is 55.3. The van der Waals surface area contributed by atoms with Gasteiger partial charge in [0, 0.05) is 11.1 Å². The van der Waals surface area contributed by atoms with Gasteiger partial charge in [0.15, 0.2) is 11.5 Å². The lowest BCUT2D eigenvalue weighted by Gasteiger charge is -2.15. The molecule has 1 N–H and O–H groups in total. The fraction of sp³-hybridized carbons (Fsp3) is 0.174. The summed E-state index contributed by atoms with van der Waals surface area (Å²) in [5.74, 6) is 0.892. The zero-order valence-corrected chi connectivity index (χ0v) is 17.9. The van der Waals surface area contributed by atoms with Crippen LogP contribution in [0.5, 0.6) is 17.2 Å². The smallest absolute Gasteiger partial charge is 0.416 e. The van der Waals surface area contributed by atoms with Crippen LogP contribution in [0.2, 0.25) is 5.02 Å². The van der Waals surface area contributed by atoms with Gasteiger partial charge >= 0.3 is 6.18 Å². The Kier molecular flexibility index (Phi) is 7.15. The van der Waals surface area contributed by atoms with Gasteiger partial charge in [-0.15, -0.1) is 0 Å². The molecule has 0 spiro atoms. The number of hydrogen-bond acceptors (Lipinski definition) is 4. The second-order valence-electron chi connectivity index (χ2n) is 6.61. The van der Waals surface area contributed by atoms with E-state index in [1.165, 1.54) is 26.4 Å². The van der Waals surface area contributed by atoms with Gasteiger partial charge in [-0.05, 0) is 48.5 Å². The first-order chi connectivity index (χ1) is 15.2. The first-order valence-corrected chi connectivity index (χ1v) is 9.71. The number of hydrogen-bond donors (Lipinski definition) is 1. The predicted octanol–water partition coefficient (Wildman–Crippen LogP) is 6.21. The monoisotopic (exact) mass is 465 g/mol. The normalized spacial score (nSPS) is 11.1. The zero-order valence-electron chi connectivity index (χ0n) is 17.1. The fourth-order valence-corrected chi connectivity index (χ4v) is 3.08. The predicted molar refractivity (Wildman–Crippen MR) is 115 cm³/mol. The highest BCUT2D eigenvalue weighted by Crippen LogP contribution is 2.34. The van der Waals surface area contributed by atoms with Gasteiger partial charge in [-0.25, -0.2) is 0 Å². The number of para-hydroxylation sites is 2. The van der Waals surface area contributed by atoms with Crippen molar-refractivity contribution in [2.24, 2.45) is 0 Å². The standard InChI is InChI=1S/C23H19ClF3NO4/c1-30-19-10-7-14(11-15(19)13-32-21-6-4-3-5-20(21)31-2)22(29)28-18-12-16(23(25,26)27)8-9-17(18)24/h3-12H,13H2,1-2H3,(H,28,29). The van der Waals surface area contributed by atoms with E-state index in [2.05, 4.69) is 5.32 Å². The third kappa shape index (κ3) is 5.45. The molecule has 9 heteroatoms. The minimum atomic E-state index is -4.56. The number of rotatable bonds is 7. The molecule has 0 saturated heterocycles. The SMILES string of the molecule is COc1ccc(C(=O)Nc2cc(C(F)(F)F)ccc2Cl)cc1COc1ccccc1OC. The molecule has 0 unspecified atom stereocenters. The van der Waals surface area contributed by atoms with E-state index in [9.17, 15) is 18.0 Å². The van der Waals surface area contributed by atoms with Gasteiger partial charge < -0.3 is 19.5 Å². The van der Waals surface area contributed by atoms with Crippen LogP contribution in [0, 0.1) is 0 Å². The Morgan fingerprint density at radius 2 is 1.62 bits per heavy atom. The molecule has 0 saturated carbocycles. The number of benzene rings is 3. The number of anilines is 1. The summed E-state index contributed by atoms with van der Waals surface area (Å²) >= 11 is 5.97. The number of carbonyl (C=O) groups excluding carboxylic acids is 1. The number of carbonyl (C=O) groups is 1. The van der Waals surface area contributed by atoms with Gasteiger partial charge in [0.05, 0.1) is 30.5 Å². The van der Waals surface area contributed by atoms with Crippen LogP contribution in [0.4, 0.5) is 18.9 Å². The maximum absolute atomic E-state index is 13.0. The number of amides is 1. The van der Waals surface area contributed by atoms with Crippen LogP contribution in [-0.4, -0.2) is 20.1 Å². The van der Waals surface area contributed by atoms with Crippen LogP contribution in [0.15, 0.2) is 60.7 Å². The van der Waals surface area contributed by atoms with E-state index >= 15 is 0 Å². The van der Waals surface area contributed by atoms with E-state index in [-0.39, 0.29) is 22.9 Å². The number of nitrogens with one attached hydrogen (secondary N) is 1. The van der Waals surface area contributed by atoms with Crippen LogP contribution in [0.1, 0.15) is 21.5 Å². The summed E-state index contributed by atoms with van der Waals surface area (Å²) in [7, 11) is 3.00. The molecule has 0 fully saturated rings. The van der Waals surface area contributed by atoms with Crippen molar-refractivity contribution < 1.29 is 32.2 Å². The van der Waals surface area contributed by atoms with E-state index in [0.29, 0.717) is 22.8 Å². The molecule has 3 aromatic carbocycles. The average Bonchev–Trinajstić information content (AvgIpc) is 2.78. The highest BCUT2D eigenvalue weighted by atomic mass is 35.5. The highest BCUT2D eigenvalue weighted by molar-refractivity contribution is 6.34. The summed E-state index contributed by atoms with van der Waals surface area (Å²) in [6.07, 6.45) is -4.56. The van der Waals surface area contributed by atoms with E-state index in [4.69, 9.17) is 25.8 Å². The largest absolute Gasteiger partial charge is 0.496 e. The summed E-state index contributed by atoms with van der Waals surface area (Å²) in [5, 5.41) is 2.41. The lowest BCUT2D eigenvalue weighted by molar-refractivity contribution is -0.137. The summed E-state index contributed by atoms with van der Waals surface area (Å²) in [6, 6.07) is 14.4. The number of methoxy groups -OCH3 is 2. The first kappa shape index (κ1) is 23.3. The Labute approximate surface area is 187 Å². The molecule has 168 valence electrons. The van der Waals surface area contributed by atoms with Gasteiger partial charge in [-0.3, -0.25) is 4.79 Å². The van der Waals surface area contributed by atoms with E-state index < -0.39 is 17.6 Å². The molecule has 0 aliphatic rings. The van der Waals surface area contributed by atoms with Crippen molar-refractivity contribution in [2.75, 3.05) is 19.5 Å². The molecule has 0 aliphatic carbocycles. The van der Waals surface area contributed by atoms with E-state index in [1.54, 1.807) is 30.3 Å². The maximum Gasteiger partial charge on any atom is 0.416 e. The minimum absolute atomic E-state index is 0.0143. The molecule has 0 radical (unpaired) electrons. The Morgan fingerprint density at radius 1 is 0.938 bits per heavy atom. The van der Waals surface area contributed by atoms with Gasteiger partial charge in [0.1, 0.15) is 12.4 Å². The molecule has 32 heavy (non-hydrogen) atoms. The second kappa shape index (κ2) is 9.82. The Balaban J connectivity index is 1.82. The van der Waals surface area contributed by atoms with Gasteiger partial charge in [0.2, 0.25) is 0 Å². The summed E-state index contributed by atoms with van der Waals surface area (Å²) in [4.78, 5) is 12.7. The van der Waals surface area contributed by atoms with Gasteiger partial charge in [0.25, 0.3) is 5.91 Å². The third-order valence-electron chi connectivity index (χ3n) is 4.54. The maximum atomic E-state index is 13.0. The van der Waals surface area contributed by atoms with Crippen LogP contribution < -0.4 is 19.5 Å². The highest BCUT2D eigenvalue weighted by Gasteiger charge is 2.31. The number of halogens is 4. The van der Waals surface area contributed by atoms with Crippen molar-refractivity contribution in [3.8, 4) is 17.2 Å². The molecule has 0 atom stereocenters. The Bertz CT molecular complexity index is 1120. The molecule has 0 aromatic heterocycles. The molecule has 5 nitrogen and oxygen atoms in total. The molecule has 1 amide bonds. The van der Waals surface area contributed by atoms with Crippen molar-refractivity contribution in [3.05, 3.63) is 82.4 Å². The molecule has 0 bridgehead atoms. The molecular weight excluding hydrogens is 447 g/mol. The Hall–Kier alpha value is -3.39. The van der Waals surface area contributed by atoms with Crippen molar-refractivity contribution in [2.45, 2.75) is 12.8 Å². The quantitative estimate of drug-likeness (QED) is 0.451. The van der Waals surface area contributed by atoms with Crippen LogP contribution in [0.3, 0.4) is 0 Å². The molecule has 3 aromatic rings. The lowest BCUT2D eigenvalue weighted by atomic mass is 10.1. The van der Waals surface area contributed by atoms with Crippen LogP contribution in [0.25, 0.3) is 0 Å². The van der Waals surface area contributed by atoms with Crippen LogP contribution in [-0.2, 0) is 12.8 Å². The summed E-state index contributed by atoms with van der Waals surface area (Å²) in [6.45, 7) is 0.0645. The molecule has 0 heterocycles. The van der Waals surface area contributed by atoms with E-state index in [0.717, 1.165) is 18.2 Å². The minimum Gasteiger partial charge on any atom is -0.496 e. The van der Waals surface area contributed by atoms with Gasteiger partial charge in [-0.1, -0.05) is 23.7 Å². The first-order valence-electron chi connectivity index (χ1n) is 9.33. The zero-order chi connectivity index (χ0) is 23.3. The second-order valence-corrected chi connectivity index (χ2v) is 7.02. The third-order valence-corrected chi connectivity index (χ3v) is 4.87. The number of alkyl halides is 3. The molecular formula is C23H19ClF3NO4. The van der Waals surface area contributed by atoms with E-state index in [1.807, 2.05) is 0 Å². The molecule has 0 aliphatic heterocycles. The number of ether oxygens (including phenoxy) is 3. The van der Waals surface area contributed by atoms with Gasteiger partial charge in [-0.2, -0.15) is 13.2 Å². The lowest BCUT2D eigenvalue weighted by Crippen LogP contribution is -2.14. The van der Waals surface area contributed by atoms with Crippen LogP contribution >= 0.6 is 11.6 Å². The summed E-state index contributed by atoms with van der Waals surface area (Å²) in [5.41, 5.74) is -0.314. The van der Waals surface area contributed by atoms with Crippen molar-refractivity contribution in [3.63, 3.8) is 0 Å². The Morgan fingerprint density at radius 3 is 2.28 bits per heavy atom. The fourth-order valence-electron chi connectivity index (χ4n) is 2.92. The molecule has 3 rings (SSSR count). The topological polar surface area (TPSA) is 56.8 Å². The van der Waals surface area contributed by atoms with Crippen molar-refractivity contribution in [1.82, 2.24) is 0 Å².